The summed E-state index contributed by atoms with van der Waals surface area (Å²) in [6, 6.07) is 1.58. The maximum atomic E-state index is 14.5. The SMILES string of the molecule is Cc1nc2c3cc(C)c(F)c(F)c3nc(N3CCN(C)CC3)n2n1. The van der Waals surface area contributed by atoms with Crippen molar-refractivity contribution in [3.8, 4) is 0 Å². The van der Waals surface area contributed by atoms with Gasteiger partial charge in [0.1, 0.15) is 11.3 Å². The van der Waals surface area contributed by atoms with E-state index in [1.54, 1.807) is 17.5 Å². The van der Waals surface area contributed by atoms with E-state index in [-0.39, 0.29) is 11.1 Å². The Kier molecular flexibility index (Phi) is 3.38. The maximum absolute atomic E-state index is 14.5. The fraction of sp³-hybridized carbons (Fsp3) is 0.438. The lowest BCUT2D eigenvalue weighted by molar-refractivity contribution is 0.310. The Morgan fingerprint density at radius 2 is 1.71 bits per heavy atom. The highest BCUT2D eigenvalue weighted by Crippen LogP contribution is 2.28. The normalized spacial score (nSPS) is 16.5. The number of nitrogens with zero attached hydrogens (tertiary/aromatic N) is 6. The molecule has 1 aliphatic rings. The fourth-order valence-electron chi connectivity index (χ4n) is 3.11. The summed E-state index contributed by atoms with van der Waals surface area (Å²) in [4.78, 5) is 13.1. The van der Waals surface area contributed by atoms with Gasteiger partial charge >= 0.3 is 0 Å². The van der Waals surface area contributed by atoms with Crippen LogP contribution in [0, 0.1) is 25.5 Å². The second kappa shape index (κ2) is 5.34. The van der Waals surface area contributed by atoms with Crippen LogP contribution in [0.15, 0.2) is 6.07 Å². The first-order chi connectivity index (χ1) is 11.5. The third-order valence-corrected chi connectivity index (χ3v) is 4.50. The van der Waals surface area contributed by atoms with Gasteiger partial charge in [0.2, 0.25) is 5.95 Å². The Morgan fingerprint density at radius 1 is 1.00 bits per heavy atom. The van der Waals surface area contributed by atoms with Crippen molar-refractivity contribution >= 4 is 22.5 Å². The number of benzene rings is 1. The molecule has 3 aromatic rings. The van der Waals surface area contributed by atoms with Gasteiger partial charge in [0.25, 0.3) is 0 Å². The number of rotatable bonds is 1. The third-order valence-electron chi connectivity index (χ3n) is 4.50. The largest absolute Gasteiger partial charge is 0.338 e. The summed E-state index contributed by atoms with van der Waals surface area (Å²) >= 11 is 0. The monoisotopic (exact) mass is 332 g/mol. The molecule has 6 nitrogen and oxygen atoms in total. The molecule has 0 saturated carbocycles. The van der Waals surface area contributed by atoms with E-state index < -0.39 is 11.6 Å². The summed E-state index contributed by atoms with van der Waals surface area (Å²) in [5, 5.41) is 4.89. The number of fused-ring (bicyclic) bond motifs is 3. The van der Waals surface area contributed by atoms with Crippen molar-refractivity contribution in [3.63, 3.8) is 0 Å². The number of halogens is 2. The van der Waals surface area contributed by atoms with Gasteiger partial charge in [-0.25, -0.2) is 18.7 Å². The minimum Gasteiger partial charge on any atom is -0.338 e. The average molecular weight is 332 g/mol. The number of hydrogen-bond donors (Lipinski definition) is 0. The summed E-state index contributed by atoms with van der Waals surface area (Å²) in [5.74, 6) is -0.709. The van der Waals surface area contributed by atoms with E-state index in [2.05, 4.69) is 27.0 Å². The van der Waals surface area contributed by atoms with Crippen LogP contribution in [0.5, 0.6) is 0 Å². The Morgan fingerprint density at radius 3 is 2.42 bits per heavy atom. The first kappa shape index (κ1) is 15.2. The summed E-state index contributed by atoms with van der Waals surface area (Å²) in [6.07, 6.45) is 0. The number of aryl methyl sites for hydroxylation is 2. The van der Waals surface area contributed by atoms with E-state index in [9.17, 15) is 8.78 Å². The van der Waals surface area contributed by atoms with Gasteiger partial charge in [0.05, 0.1) is 0 Å². The molecule has 0 N–H and O–H groups in total. The Balaban J connectivity index is 2.01. The van der Waals surface area contributed by atoms with E-state index in [4.69, 9.17) is 0 Å². The van der Waals surface area contributed by atoms with Crippen LogP contribution in [-0.4, -0.2) is 57.7 Å². The van der Waals surface area contributed by atoms with Crippen molar-refractivity contribution in [1.82, 2.24) is 24.5 Å². The van der Waals surface area contributed by atoms with Gasteiger partial charge in [0.15, 0.2) is 17.3 Å². The molecule has 0 atom stereocenters. The average Bonchev–Trinajstić information content (AvgIpc) is 2.95. The molecule has 0 spiro atoms. The highest BCUT2D eigenvalue weighted by molar-refractivity contribution is 5.93. The van der Waals surface area contributed by atoms with Crippen LogP contribution in [0.1, 0.15) is 11.4 Å². The summed E-state index contributed by atoms with van der Waals surface area (Å²) in [6.45, 7) is 6.56. The van der Waals surface area contributed by atoms with E-state index in [1.807, 2.05) is 4.90 Å². The molecule has 126 valence electrons. The molecule has 1 saturated heterocycles. The summed E-state index contributed by atoms with van der Waals surface area (Å²) in [7, 11) is 2.05. The molecule has 0 amide bonds. The fourth-order valence-corrected chi connectivity index (χ4v) is 3.11. The third kappa shape index (κ3) is 2.21. The zero-order valence-electron chi connectivity index (χ0n) is 13.8. The number of anilines is 1. The van der Waals surface area contributed by atoms with Crippen LogP contribution in [0.4, 0.5) is 14.7 Å². The van der Waals surface area contributed by atoms with Crippen LogP contribution >= 0.6 is 0 Å². The lowest BCUT2D eigenvalue weighted by atomic mass is 10.1. The number of piperazine rings is 1. The zero-order chi connectivity index (χ0) is 17.0. The molecule has 0 aliphatic carbocycles. The molecule has 24 heavy (non-hydrogen) atoms. The summed E-state index contributed by atoms with van der Waals surface area (Å²) in [5.41, 5.74) is 0.747. The van der Waals surface area contributed by atoms with E-state index in [0.717, 1.165) is 26.2 Å². The van der Waals surface area contributed by atoms with Crippen LogP contribution in [0.2, 0.25) is 0 Å². The van der Waals surface area contributed by atoms with Crippen LogP contribution in [-0.2, 0) is 0 Å². The van der Waals surface area contributed by atoms with E-state index in [1.165, 1.54) is 6.92 Å². The topological polar surface area (TPSA) is 49.6 Å². The number of aromatic nitrogens is 4. The predicted molar refractivity (Wildman–Crippen MR) is 87.4 cm³/mol. The molecule has 2 aromatic heterocycles. The molecule has 1 aromatic carbocycles. The van der Waals surface area contributed by atoms with Gasteiger partial charge in [-0.3, -0.25) is 0 Å². The smallest absolute Gasteiger partial charge is 0.229 e. The highest BCUT2D eigenvalue weighted by atomic mass is 19.2. The minimum absolute atomic E-state index is 0.00641. The standard InChI is InChI=1S/C16H18F2N6/c1-9-8-11-14(13(18)12(9)17)20-16(23-6-4-22(3)5-7-23)24-15(11)19-10(2)21-24/h8H,4-7H2,1-3H3. The van der Waals surface area contributed by atoms with Gasteiger partial charge in [-0.15, -0.1) is 5.10 Å². The molecule has 1 fully saturated rings. The van der Waals surface area contributed by atoms with E-state index in [0.29, 0.717) is 22.8 Å². The quantitative estimate of drug-likeness (QED) is 0.681. The predicted octanol–water partition coefficient (Wildman–Crippen LogP) is 1.92. The molecular weight excluding hydrogens is 314 g/mol. The van der Waals surface area contributed by atoms with Gasteiger partial charge in [-0.2, -0.15) is 4.52 Å². The minimum atomic E-state index is -0.927. The Bertz CT molecular complexity index is 943. The summed E-state index contributed by atoms with van der Waals surface area (Å²) < 4.78 is 30.1. The van der Waals surface area contributed by atoms with Crippen molar-refractivity contribution < 1.29 is 8.78 Å². The van der Waals surface area contributed by atoms with Crippen LogP contribution in [0.25, 0.3) is 16.6 Å². The molecular formula is C16H18F2N6. The molecule has 4 rings (SSSR count). The number of likely N-dealkylation sites (N-methyl/N-ethyl adjacent to an activating group) is 1. The molecule has 1 aliphatic heterocycles. The lowest BCUT2D eigenvalue weighted by Crippen LogP contribution is -2.45. The first-order valence-electron chi connectivity index (χ1n) is 7.91. The zero-order valence-corrected chi connectivity index (χ0v) is 13.8. The molecule has 8 heteroatoms. The van der Waals surface area contributed by atoms with Crippen LogP contribution < -0.4 is 4.90 Å². The first-order valence-corrected chi connectivity index (χ1v) is 7.91. The van der Waals surface area contributed by atoms with Crippen molar-refractivity contribution in [1.29, 1.82) is 0 Å². The van der Waals surface area contributed by atoms with Crippen molar-refractivity contribution in [3.05, 3.63) is 29.1 Å². The van der Waals surface area contributed by atoms with Crippen molar-refractivity contribution in [2.45, 2.75) is 13.8 Å². The van der Waals surface area contributed by atoms with Crippen molar-refractivity contribution in [2.75, 3.05) is 38.1 Å². The Labute approximate surface area is 137 Å². The van der Waals surface area contributed by atoms with Crippen molar-refractivity contribution in [2.24, 2.45) is 0 Å². The molecule has 0 bridgehead atoms. The molecule has 3 heterocycles. The maximum Gasteiger partial charge on any atom is 0.229 e. The molecule has 0 unspecified atom stereocenters. The van der Waals surface area contributed by atoms with Gasteiger partial charge in [0, 0.05) is 31.6 Å². The lowest BCUT2D eigenvalue weighted by Gasteiger charge is -2.33. The van der Waals surface area contributed by atoms with Gasteiger partial charge < -0.3 is 9.80 Å². The molecule has 0 radical (unpaired) electrons. The highest BCUT2D eigenvalue weighted by Gasteiger charge is 2.23. The second-order valence-electron chi connectivity index (χ2n) is 6.31. The van der Waals surface area contributed by atoms with Crippen LogP contribution in [0.3, 0.4) is 0 Å². The van der Waals surface area contributed by atoms with Gasteiger partial charge in [-0.1, -0.05) is 0 Å². The second-order valence-corrected chi connectivity index (χ2v) is 6.31. The Hall–Kier alpha value is -2.35. The van der Waals surface area contributed by atoms with E-state index >= 15 is 0 Å². The van der Waals surface area contributed by atoms with Gasteiger partial charge in [-0.05, 0) is 32.5 Å². The number of hydrogen-bond acceptors (Lipinski definition) is 5.